The van der Waals surface area contributed by atoms with Crippen molar-refractivity contribution in [1.29, 1.82) is 0 Å². The summed E-state index contributed by atoms with van der Waals surface area (Å²) >= 11 is 0. The third kappa shape index (κ3) is 17.1. The highest BCUT2D eigenvalue weighted by Crippen LogP contribution is 2.68. The van der Waals surface area contributed by atoms with Gasteiger partial charge in [-0.3, -0.25) is 0 Å². The molecule has 0 radical (unpaired) electrons. The van der Waals surface area contributed by atoms with Gasteiger partial charge in [-0.1, -0.05) is 87.1 Å². The molecule has 0 aromatic carbocycles. The van der Waals surface area contributed by atoms with Gasteiger partial charge in [0.2, 0.25) is 6.29 Å². The molecule has 0 amide bonds. The van der Waals surface area contributed by atoms with Crippen LogP contribution in [-0.4, -0.2) is 61.7 Å². The van der Waals surface area contributed by atoms with Crippen LogP contribution in [0, 0.1) is 51.8 Å². The third-order valence-electron chi connectivity index (χ3n) is 20.7. The standard InChI is InChI=1S/C16H22O4.C14H20O2.C14H22O2.C14H18O2.C13H16O2/c1-12(16(17)18)10-11-15(19-13-6-2-3-7-13)20-14-8-4-5-9-14;1-9(13(15)16)5-14-6-10-2-11(7-14)4-12(3-10)8-14;1-9(12(15)16)7-11-8-10-5-6-14(11,4)13(10,2)3;1-10(14(15)16)13(11-6-2-3-7-11)12-8-4-5-9-12;14-13(15)12(11-7-3-4-8-11)9-10-5-1-2-6-10/h6,8,15H,1-5,7,9-11H2,(H,17,18);5,10-12H,2-4,6-8H2,1H3,(H,15,16);7,10-11H,5-6,8H2,1-4H3,(H,15,16);6,8,13H,1-5,7,9H2,(H,15,16);5,7,9H,1-4,6,8H2,(H,14,15). The summed E-state index contributed by atoms with van der Waals surface area (Å²) in [5, 5.41) is 45.1. The lowest BCUT2D eigenvalue weighted by Crippen LogP contribution is -2.45. The van der Waals surface area contributed by atoms with Gasteiger partial charge in [0.25, 0.3) is 0 Å². The van der Waals surface area contributed by atoms with Crippen LogP contribution in [0.5, 0.6) is 0 Å². The molecule has 454 valence electrons. The molecule has 0 saturated heterocycles. The van der Waals surface area contributed by atoms with Crippen molar-refractivity contribution in [2.24, 2.45) is 51.8 Å². The summed E-state index contributed by atoms with van der Waals surface area (Å²) in [6.45, 7) is 17.8. The number of carboxylic acid groups (broad SMARTS) is 5. The van der Waals surface area contributed by atoms with Gasteiger partial charge in [-0.05, 0) is 250 Å². The average molecular weight is 1140 g/mol. The van der Waals surface area contributed by atoms with Crippen LogP contribution < -0.4 is 0 Å². The lowest BCUT2D eigenvalue weighted by atomic mass is 9.49. The number of carbonyl (C=O) groups is 5. The summed E-state index contributed by atoms with van der Waals surface area (Å²) < 4.78 is 11.7. The lowest BCUT2D eigenvalue weighted by molar-refractivity contribution is -0.134. The molecule has 3 atom stereocenters. The molecule has 0 heterocycles. The summed E-state index contributed by atoms with van der Waals surface area (Å²) in [7, 11) is 0. The summed E-state index contributed by atoms with van der Waals surface area (Å²) in [4.78, 5) is 54.9. The molecule has 0 aromatic rings. The van der Waals surface area contributed by atoms with Crippen molar-refractivity contribution in [2.45, 2.75) is 227 Å². The topological polar surface area (TPSA) is 205 Å². The van der Waals surface area contributed by atoms with Crippen molar-refractivity contribution >= 4 is 29.8 Å². The van der Waals surface area contributed by atoms with Gasteiger partial charge in [0.15, 0.2) is 0 Å². The fourth-order valence-electron chi connectivity index (χ4n) is 16.1. The Morgan fingerprint density at radius 2 is 1.11 bits per heavy atom. The molecule has 12 nitrogen and oxygen atoms in total. The quantitative estimate of drug-likeness (QED) is 0.0466. The summed E-state index contributed by atoms with van der Waals surface area (Å²) in [6.07, 6.45) is 50.1. The van der Waals surface area contributed by atoms with E-state index >= 15 is 0 Å². The fraction of sp³-hybridized carbons (Fsp3) is 0.620. The van der Waals surface area contributed by atoms with Crippen LogP contribution in [-0.2, 0) is 33.4 Å². The van der Waals surface area contributed by atoms with Gasteiger partial charge < -0.3 is 35.0 Å². The van der Waals surface area contributed by atoms with Crippen molar-refractivity contribution in [2.75, 3.05) is 0 Å². The van der Waals surface area contributed by atoms with E-state index in [-0.39, 0.29) is 16.9 Å². The maximum absolute atomic E-state index is 11.1. The highest BCUT2D eigenvalue weighted by Gasteiger charge is 2.60. The number of rotatable bonds is 19. The second-order valence-corrected chi connectivity index (χ2v) is 26.8. The van der Waals surface area contributed by atoms with E-state index < -0.39 is 36.1 Å². The Hall–Kier alpha value is -5.91. The SMILES string of the molecule is C=C(C(=O)O)C(C1=CCCC1)C1=CCCC1.C=C(CCC(OC1=CCCC1)OC1=CCCC1)C(=O)O.CC(=CC12CC3CC(CC(C3)C1)C2)C(=O)O.CC(=CC1CC2CCC1(C)C2(C)C)C(=O)O.O=C(O)C(=CC1=CCCC1)C1=CCCC1. The Morgan fingerprint density at radius 3 is 1.51 bits per heavy atom. The second-order valence-electron chi connectivity index (χ2n) is 26.8. The van der Waals surface area contributed by atoms with E-state index in [1.165, 1.54) is 74.5 Å². The molecule has 12 rings (SSSR count). The molecule has 12 aliphatic rings. The van der Waals surface area contributed by atoms with Crippen molar-refractivity contribution in [3.8, 4) is 0 Å². The van der Waals surface area contributed by atoms with Gasteiger partial charge in [0.1, 0.15) is 0 Å². The zero-order valence-electron chi connectivity index (χ0n) is 50.8. The van der Waals surface area contributed by atoms with E-state index in [4.69, 9.17) is 35.0 Å². The first kappa shape index (κ1) is 64.6. The molecule has 12 aliphatic carbocycles. The predicted octanol–water partition coefficient (Wildman–Crippen LogP) is 17.3. The molecule has 3 unspecified atom stereocenters. The molecular weight excluding hydrogens is 1040 g/mol. The number of allylic oxidation sites excluding steroid dienone is 14. The van der Waals surface area contributed by atoms with Gasteiger partial charge in [-0.25, -0.2) is 24.0 Å². The Balaban J connectivity index is 0.000000150. The summed E-state index contributed by atoms with van der Waals surface area (Å²) in [5.74, 6) is 1.73. The number of aliphatic carboxylic acids is 5. The van der Waals surface area contributed by atoms with E-state index in [1.807, 2.05) is 12.2 Å². The van der Waals surface area contributed by atoms with Crippen molar-refractivity contribution in [3.63, 3.8) is 0 Å². The van der Waals surface area contributed by atoms with Gasteiger partial charge in [-0.15, -0.1) is 0 Å². The number of ether oxygens (including phenoxy) is 2. The van der Waals surface area contributed by atoms with Crippen LogP contribution >= 0.6 is 0 Å². The summed E-state index contributed by atoms with van der Waals surface area (Å²) in [6, 6.07) is 0. The fourth-order valence-corrected chi connectivity index (χ4v) is 16.1. The minimum absolute atomic E-state index is 0.0116. The van der Waals surface area contributed by atoms with E-state index in [1.54, 1.807) is 13.8 Å². The first-order chi connectivity index (χ1) is 39.5. The largest absolute Gasteiger partial charge is 0.478 e. The minimum atomic E-state index is -0.955. The monoisotopic (exact) mass is 1140 g/mol. The molecule has 0 aliphatic heterocycles. The third-order valence-corrected chi connectivity index (χ3v) is 20.7. The first-order valence-corrected chi connectivity index (χ1v) is 31.6. The molecule has 83 heavy (non-hydrogen) atoms. The van der Waals surface area contributed by atoms with Crippen LogP contribution in [0.25, 0.3) is 0 Å². The molecule has 0 spiro atoms. The maximum atomic E-state index is 11.1. The highest BCUT2D eigenvalue weighted by atomic mass is 16.7. The van der Waals surface area contributed by atoms with Crippen molar-refractivity contribution in [1.82, 2.24) is 0 Å². The van der Waals surface area contributed by atoms with Gasteiger partial charge >= 0.3 is 29.8 Å². The van der Waals surface area contributed by atoms with Crippen molar-refractivity contribution < 1.29 is 59.0 Å². The van der Waals surface area contributed by atoms with E-state index in [0.29, 0.717) is 51.9 Å². The van der Waals surface area contributed by atoms with E-state index in [0.717, 1.165) is 156 Å². The van der Waals surface area contributed by atoms with Gasteiger partial charge in [0, 0.05) is 47.5 Å². The normalized spacial score (nSPS) is 28.9. The summed E-state index contributed by atoms with van der Waals surface area (Å²) in [5.41, 5.74) is 7.83. The Labute approximate surface area is 495 Å². The molecule has 6 saturated carbocycles. The molecule has 6 fully saturated rings. The molecule has 5 N–H and O–H groups in total. The maximum Gasteiger partial charge on any atom is 0.335 e. The Kier molecular flexibility index (Phi) is 22.8. The number of hydrogen-bond donors (Lipinski definition) is 5. The van der Waals surface area contributed by atoms with E-state index in [9.17, 15) is 24.0 Å². The molecular formula is C71H98O12. The Bertz CT molecular complexity index is 2640. The van der Waals surface area contributed by atoms with Crippen LogP contribution in [0.2, 0.25) is 0 Å². The van der Waals surface area contributed by atoms with Crippen LogP contribution in [0.15, 0.2) is 130 Å². The van der Waals surface area contributed by atoms with Gasteiger partial charge in [-0.2, -0.15) is 0 Å². The highest BCUT2D eigenvalue weighted by molar-refractivity contribution is 5.92. The van der Waals surface area contributed by atoms with Crippen LogP contribution in [0.3, 0.4) is 0 Å². The number of carboxylic acids is 5. The average Bonchev–Trinajstić information content (AvgIpc) is 1.91. The number of fused-ring (bicyclic) bond motifs is 2. The zero-order chi connectivity index (χ0) is 60.1. The molecule has 0 aromatic heterocycles. The van der Waals surface area contributed by atoms with Crippen LogP contribution in [0.1, 0.15) is 221 Å². The Morgan fingerprint density at radius 1 is 0.602 bits per heavy atom. The van der Waals surface area contributed by atoms with Gasteiger partial charge in [0.05, 0.1) is 17.1 Å². The van der Waals surface area contributed by atoms with Crippen molar-refractivity contribution in [3.05, 3.63) is 130 Å². The first-order valence-electron chi connectivity index (χ1n) is 31.6. The molecule has 12 heteroatoms. The molecule has 6 bridgehead atoms. The number of hydrogen-bond acceptors (Lipinski definition) is 7. The smallest absolute Gasteiger partial charge is 0.335 e. The predicted molar refractivity (Wildman–Crippen MR) is 326 cm³/mol. The zero-order valence-corrected chi connectivity index (χ0v) is 50.8. The minimum Gasteiger partial charge on any atom is -0.478 e. The van der Waals surface area contributed by atoms with Crippen LogP contribution in [0.4, 0.5) is 0 Å². The lowest BCUT2D eigenvalue weighted by Gasteiger charge is -2.56. The van der Waals surface area contributed by atoms with E-state index in [2.05, 4.69) is 76.5 Å². The second kappa shape index (κ2) is 29.3.